The quantitative estimate of drug-likeness (QED) is 0.280. The molecule has 0 saturated heterocycles. The van der Waals surface area contributed by atoms with Gasteiger partial charge in [-0.15, -0.1) is 0 Å². The first-order valence-corrected chi connectivity index (χ1v) is 9.61. The van der Waals surface area contributed by atoms with E-state index in [2.05, 4.69) is 10.0 Å². The minimum Gasteiger partial charge on any atom is -0.460 e. The molecule has 1 fully saturated rings. The molecular formula is C22H23N3O4. The second-order valence-corrected chi connectivity index (χ2v) is 7.13. The topological polar surface area (TPSA) is 101 Å². The van der Waals surface area contributed by atoms with Gasteiger partial charge in [0.1, 0.15) is 13.2 Å². The Morgan fingerprint density at radius 2 is 1.45 bits per heavy atom. The Balaban J connectivity index is 1.74. The van der Waals surface area contributed by atoms with Gasteiger partial charge in [0.05, 0.1) is 5.41 Å². The van der Waals surface area contributed by atoms with Gasteiger partial charge in [-0.05, 0) is 29.5 Å². The van der Waals surface area contributed by atoms with Crippen LogP contribution in [-0.2, 0) is 32.3 Å². The lowest BCUT2D eigenvalue weighted by molar-refractivity contribution is -0.166. The maximum absolute atomic E-state index is 13.0. The summed E-state index contributed by atoms with van der Waals surface area (Å²) in [7, 11) is 0. The van der Waals surface area contributed by atoms with Crippen molar-refractivity contribution in [3.63, 3.8) is 0 Å². The number of ether oxygens (including phenoxy) is 2. The van der Waals surface area contributed by atoms with E-state index < -0.39 is 23.4 Å². The molecule has 2 aromatic carbocycles. The minimum atomic E-state index is -1.25. The van der Waals surface area contributed by atoms with Crippen molar-refractivity contribution in [1.29, 1.82) is 0 Å². The molecule has 1 atom stereocenters. The number of hydrogen-bond donors (Lipinski definition) is 0. The summed E-state index contributed by atoms with van der Waals surface area (Å²) in [6.45, 7) is 0.149. The number of benzene rings is 2. The summed E-state index contributed by atoms with van der Waals surface area (Å²) in [6, 6.07) is 17.3. The molecule has 7 nitrogen and oxygen atoms in total. The lowest BCUT2D eigenvalue weighted by atomic mass is 9.78. The van der Waals surface area contributed by atoms with Crippen LogP contribution in [0, 0.1) is 5.41 Å². The fraction of sp³-hybridized carbons (Fsp3) is 0.364. The average Bonchev–Trinajstić information content (AvgIpc) is 3.26. The van der Waals surface area contributed by atoms with E-state index in [1.807, 2.05) is 60.7 Å². The van der Waals surface area contributed by atoms with E-state index in [1.165, 1.54) is 0 Å². The smallest absolute Gasteiger partial charge is 0.316 e. The number of hydrogen-bond acceptors (Lipinski definition) is 5. The van der Waals surface area contributed by atoms with Crippen molar-refractivity contribution in [1.82, 2.24) is 0 Å². The van der Waals surface area contributed by atoms with Gasteiger partial charge in [-0.25, -0.2) is 0 Å². The number of esters is 2. The van der Waals surface area contributed by atoms with Gasteiger partial charge in [0, 0.05) is 4.91 Å². The van der Waals surface area contributed by atoms with Gasteiger partial charge in [-0.1, -0.05) is 78.6 Å². The molecule has 0 aliphatic heterocycles. The monoisotopic (exact) mass is 393 g/mol. The van der Waals surface area contributed by atoms with Crippen molar-refractivity contribution in [2.24, 2.45) is 10.5 Å². The third-order valence-electron chi connectivity index (χ3n) is 5.25. The number of azide groups is 1. The fourth-order valence-corrected chi connectivity index (χ4v) is 3.70. The maximum Gasteiger partial charge on any atom is 0.316 e. The predicted octanol–water partition coefficient (Wildman–Crippen LogP) is 4.71. The molecule has 0 unspecified atom stereocenters. The van der Waals surface area contributed by atoms with E-state index in [4.69, 9.17) is 15.0 Å². The first-order valence-electron chi connectivity index (χ1n) is 9.61. The Kier molecular flexibility index (Phi) is 6.87. The lowest BCUT2D eigenvalue weighted by Gasteiger charge is -2.31. The number of rotatable bonds is 8. The molecule has 2 aromatic rings. The minimum absolute atomic E-state index is 0.0479. The summed E-state index contributed by atoms with van der Waals surface area (Å²) in [4.78, 5) is 28.6. The molecule has 1 aliphatic carbocycles. The molecule has 0 bridgehead atoms. The maximum atomic E-state index is 13.0. The zero-order valence-electron chi connectivity index (χ0n) is 16.1. The van der Waals surface area contributed by atoms with Crippen LogP contribution in [0.25, 0.3) is 10.4 Å². The normalized spacial score (nSPS) is 15.7. The third-order valence-corrected chi connectivity index (χ3v) is 5.25. The van der Waals surface area contributed by atoms with Crippen molar-refractivity contribution in [2.75, 3.05) is 0 Å². The van der Waals surface area contributed by atoms with Crippen molar-refractivity contribution in [3.05, 3.63) is 82.2 Å². The summed E-state index contributed by atoms with van der Waals surface area (Å²) in [6.07, 6.45) is 2.35. The molecule has 0 spiro atoms. The summed E-state index contributed by atoms with van der Waals surface area (Å²) in [5, 5.41) is 3.67. The molecule has 7 heteroatoms. The van der Waals surface area contributed by atoms with Gasteiger partial charge in [-0.2, -0.15) is 0 Å². The van der Waals surface area contributed by atoms with Crippen LogP contribution in [0.1, 0.15) is 36.8 Å². The lowest BCUT2D eigenvalue weighted by Crippen LogP contribution is -2.45. The molecule has 1 saturated carbocycles. The van der Waals surface area contributed by atoms with E-state index in [1.54, 1.807) is 0 Å². The van der Waals surface area contributed by atoms with E-state index in [-0.39, 0.29) is 13.2 Å². The zero-order chi connectivity index (χ0) is 20.5. The Labute approximate surface area is 169 Å². The van der Waals surface area contributed by atoms with Crippen LogP contribution in [0.2, 0.25) is 0 Å². The second-order valence-electron chi connectivity index (χ2n) is 7.13. The van der Waals surface area contributed by atoms with E-state index in [9.17, 15) is 9.59 Å². The summed E-state index contributed by atoms with van der Waals surface area (Å²) < 4.78 is 10.9. The number of nitrogens with zero attached hydrogens (tertiary/aromatic N) is 3. The summed E-state index contributed by atoms with van der Waals surface area (Å²) in [5.41, 5.74) is 9.51. The highest BCUT2D eigenvalue weighted by molar-refractivity contribution is 5.88. The molecule has 1 aliphatic rings. The predicted molar refractivity (Wildman–Crippen MR) is 106 cm³/mol. The van der Waals surface area contributed by atoms with E-state index >= 15 is 0 Å². The van der Waals surface area contributed by atoms with Crippen LogP contribution >= 0.6 is 0 Å². The van der Waals surface area contributed by atoms with Crippen molar-refractivity contribution in [2.45, 2.75) is 44.9 Å². The van der Waals surface area contributed by atoms with Crippen molar-refractivity contribution < 1.29 is 19.1 Å². The van der Waals surface area contributed by atoms with Gasteiger partial charge < -0.3 is 9.47 Å². The van der Waals surface area contributed by atoms with Gasteiger partial charge in [0.25, 0.3) is 0 Å². The average molecular weight is 393 g/mol. The van der Waals surface area contributed by atoms with Gasteiger partial charge >= 0.3 is 11.9 Å². The zero-order valence-corrected chi connectivity index (χ0v) is 16.1. The highest BCUT2D eigenvalue weighted by atomic mass is 16.5. The van der Waals surface area contributed by atoms with Gasteiger partial charge in [0.2, 0.25) is 0 Å². The first kappa shape index (κ1) is 20.4. The molecule has 0 radical (unpaired) electrons. The molecule has 3 rings (SSSR count). The van der Waals surface area contributed by atoms with Crippen LogP contribution in [0.15, 0.2) is 65.8 Å². The van der Waals surface area contributed by atoms with Crippen LogP contribution in [0.5, 0.6) is 0 Å². The Bertz CT molecular complexity index is 873. The molecule has 0 aromatic heterocycles. The van der Waals surface area contributed by atoms with Gasteiger partial charge in [-0.3, -0.25) is 9.59 Å². The Morgan fingerprint density at radius 1 is 0.931 bits per heavy atom. The SMILES string of the molecule is [N-]=[N+]=N[C@H](C(=O)OCc1ccccc1)C1(C(=O)OCc2ccccc2)CCCC1. The van der Waals surface area contributed by atoms with Crippen LogP contribution < -0.4 is 0 Å². The highest BCUT2D eigenvalue weighted by Gasteiger charge is 2.52. The van der Waals surface area contributed by atoms with Crippen LogP contribution in [0.3, 0.4) is 0 Å². The van der Waals surface area contributed by atoms with E-state index in [0.29, 0.717) is 12.8 Å². The second kappa shape index (κ2) is 9.75. The standard InChI is InChI=1S/C22H23N3O4/c23-25-24-19(20(26)28-15-17-9-3-1-4-10-17)22(13-7-8-14-22)21(27)29-16-18-11-5-2-6-12-18/h1-6,9-12,19H,7-8,13-16H2/t19-/m1/s1. The van der Waals surface area contributed by atoms with Crippen LogP contribution in [-0.4, -0.2) is 18.0 Å². The summed E-state index contributed by atoms with van der Waals surface area (Å²) >= 11 is 0. The Morgan fingerprint density at radius 3 is 1.97 bits per heavy atom. The van der Waals surface area contributed by atoms with Crippen molar-refractivity contribution in [3.8, 4) is 0 Å². The largest absolute Gasteiger partial charge is 0.460 e. The Hall–Kier alpha value is -3.31. The van der Waals surface area contributed by atoms with Crippen molar-refractivity contribution >= 4 is 11.9 Å². The molecule has 0 amide bonds. The fourth-order valence-electron chi connectivity index (χ4n) is 3.70. The van der Waals surface area contributed by atoms with E-state index in [0.717, 1.165) is 24.0 Å². The third kappa shape index (κ3) is 4.95. The number of carbonyl (C=O) groups excluding carboxylic acids is 2. The molecule has 0 heterocycles. The molecule has 150 valence electrons. The first-order chi connectivity index (χ1) is 14.2. The highest BCUT2D eigenvalue weighted by Crippen LogP contribution is 2.44. The molecular weight excluding hydrogens is 370 g/mol. The van der Waals surface area contributed by atoms with Crippen LogP contribution in [0.4, 0.5) is 0 Å². The molecule has 0 N–H and O–H groups in total. The van der Waals surface area contributed by atoms with Gasteiger partial charge in [0.15, 0.2) is 6.04 Å². The number of carbonyl (C=O) groups is 2. The molecule has 29 heavy (non-hydrogen) atoms. The summed E-state index contributed by atoms with van der Waals surface area (Å²) in [5.74, 6) is -1.22.